The number of hydrogen-bond donors (Lipinski definition) is 1. The molecule has 1 heteroatoms. The molecular formula is C11H14O. The minimum atomic E-state index is -0.401. The van der Waals surface area contributed by atoms with Gasteiger partial charge >= 0.3 is 0 Å². The molecule has 12 heavy (non-hydrogen) atoms. The van der Waals surface area contributed by atoms with E-state index in [-0.39, 0.29) is 0 Å². The van der Waals surface area contributed by atoms with E-state index in [2.05, 4.69) is 6.58 Å². The summed E-state index contributed by atoms with van der Waals surface area (Å²) in [6.45, 7) is 5.61. The van der Waals surface area contributed by atoms with E-state index in [9.17, 15) is 5.11 Å². The van der Waals surface area contributed by atoms with Crippen LogP contribution in [-0.4, -0.2) is 5.11 Å². The lowest BCUT2D eigenvalue weighted by atomic mass is 10.0. The molecule has 1 atom stereocenters. The highest BCUT2D eigenvalue weighted by molar-refractivity contribution is 5.24. The van der Waals surface area contributed by atoms with Crippen molar-refractivity contribution >= 4 is 0 Å². The Kier molecular flexibility index (Phi) is 3.06. The summed E-state index contributed by atoms with van der Waals surface area (Å²) in [6, 6.07) is 7.90. The number of aliphatic hydroxyl groups excluding tert-OH is 1. The molecular weight excluding hydrogens is 148 g/mol. The van der Waals surface area contributed by atoms with Crippen LogP contribution in [0.25, 0.3) is 0 Å². The topological polar surface area (TPSA) is 20.2 Å². The van der Waals surface area contributed by atoms with Crippen LogP contribution in [0, 0.1) is 6.92 Å². The molecule has 0 bridgehead atoms. The van der Waals surface area contributed by atoms with E-state index in [1.165, 1.54) is 5.56 Å². The average molecular weight is 162 g/mol. The standard InChI is InChI=1S/C11H14O/c1-3-5-11(12)10-7-4-6-9(2)8-10/h3-4,6-8,11-12H,1,5H2,2H3/t11-/m1/s1. The molecule has 0 amide bonds. The summed E-state index contributed by atoms with van der Waals surface area (Å²) in [5, 5.41) is 9.57. The molecule has 0 heterocycles. The molecule has 1 rings (SSSR count). The van der Waals surface area contributed by atoms with Gasteiger partial charge in [0.15, 0.2) is 0 Å². The van der Waals surface area contributed by atoms with Gasteiger partial charge < -0.3 is 5.11 Å². The first-order valence-corrected chi connectivity index (χ1v) is 4.09. The SMILES string of the molecule is C=CC[C@@H](O)c1cccc(C)c1. The van der Waals surface area contributed by atoms with Crippen LogP contribution in [-0.2, 0) is 0 Å². The smallest absolute Gasteiger partial charge is 0.0824 e. The van der Waals surface area contributed by atoms with Crippen molar-refractivity contribution in [2.75, 3.05) is 0 Å². The molecule has 64 valence electrons. The Hall–Kier alpha value is -1.08. The van der Waals surface area contributed by atoms with Crippen molar-refractivity contribution in [2.45, 2.75) is 19.4 Å². The van der Waals surface area contributed by atoms with Crippen LogP contribution >= 0.6 is 0 Å². The molecule has 0 fully saturated rings. The Balaban J connectivity index is 2.80. The largest absolute Gasteiger partial charge is 0.388 e. The zero-order valence-electron chi connectivity index (χ0n) is 7.33. The van der Waals surface area contributed by atoms with Crippen LogP contribution in [0.3, 0.4) is 0 Å². The van der Waals surface area contributed by atoms with Crippen molar-refractivity contribution in [1.29, 1.82) is 0 Å². The first kappa shape index (κ1) is 9.01. The van der Waals surface area contributed by atoms with Gasteiger partial charge in [0, 0.05) is 0 Å². The third-order valence-electron chi connectivity index (χ3n) is 1.82. The molecule has 0 unspecified atom stereocenters. The van der Waals surface area contributed by atoms with Crippen molar-refractivity contribution in [3.8, 4) is 0 Å². The molecule has 0 aromatic heterocycles. The summed E-state index contributed by atoms with van der Waals surface area (Å²) < 4.78 is 0. The van der Waals surface area contributed by atoms with E-state index in [0.717, 1.165) is 5.56 Å². The highest BCUT2D eigenvalue weighted by atomic mass is 16.3. The third-order valence-corrected chi connectivity index (χ3v) is 1.82. The molecule has 1 N–H and O–H groups in total. The fraction of sp³-hybridized carbons (Fsp3) is 0.273. The molecule has 0 radical (unpaired) electrons. The number of aliphatic hydroxyl groups is 1. The lowest BCUT2D eigenvalue weighted by Gasteiger charge is -2.08. The van der Waals surface area contributed by atoms with Gasteiger partial charge in [-0.1, -0.05) is 35.9 Å². The summed E-state index contributed by atoms with van der Waals surface area (Å²) in [5.41, 5.74) is 2.14. The second kappa shape index (κ2) is 4.07. The molecule has 0 spiro atoms. The Labute approximate surface area is 73.4 Å². The monoisotopic (exact) mass is 162 g/mol. The molecule has 0 saturated heterocycles. The van der Waals surface area contributed by atoms with Crippen molar-refractivity contribution < 1.29 is 5.11 Å². The first-order chi connectivity index (χ1) is 5.74. The fourth-order valence-electron chi connectivity index (χ4n) is 1.17. The minimum Gasteiger partial charge on any atom is -0.388 e. The summed E-state index contributed by atoms with van der Waals surface area (Å²) in [5.74, 6) is 0. The van der Waals surface area contributed by atoms with Crippen LogP contribution in [0.1, 0.15) is 23.7 Å². The van der Waals surface area contributed by atoms with Crippen LogP contribution in [0.4, 0.5) is 0 Å². The summed E-state index contributed by atoms with van der Waals surface area (Å²) in [4.78, 5) is 0. The third kappa shape index (κ3) is 2.21. The van der Waals surface area contributed by atoms with E-state index in [1.54, 1.807) is 6.08 Å². The normalized spacial score (nSPS) is 12.5. The molecule has 0 saturated carbocycles. The zero-order chi connectivity index (χ0) is 8.97. The number of aryl methyl sites for hydroxylation is 1. The van der Waals surface area contributed by atoms with Crippen LogP contribution in [0.5, 0.6) is 0 Å². The van der Waals surface area contributed by atoms with Crippen molar-refractivity contribution in [3.05, 3.63) is 48.0 Å². The maximum absolute atomic E-state index is 9.57. The summed E-state index contributed by atoms with van der Waals surface area (Å²) >= 11 is 0. The average Bonchev–Trinajstić information content (AvgIpc) is 2.05. The predicted octanol–water partition coefficient (Wildman–Crippen LogP) is 2.60. The van der Waals surface area contributed by atoms with Gasteiger partial charge in [0.05, 0.1) is 6.10 Å². The van der Waals surface area contributed by atoms with Crippen molar-refractivity contribution in [1.82, 2.24) is 0 Å². The molecule has 0 aliphatic carbocycles. The molecule has 0 aliphatic rings. The molecule has 0 aliphatic heterocycles. The Bertz CT molecular complexity index is 265. The van der Waals surface area contributed by atoms with E-state index in [1.807, 2.05) is 31.2 Å². The Morgan fingerprint density at radius 2 is 2.33 bits per heavy atom. The second-order valence-corrected chi connectivity index (χ2v) is 2.95. The van der Waals surface area contributed by atoms with Gasteiger partial charge in [-0.15, -0.1) is 6.58 Å². The van der Waals surface area contributed by atoms with Gasteiger partial charge in [-0.25, -0.2) is 0 Å². The summed E-state index contributed by atoms with van der Waals surface area (Å²) in [7, 11) is 0. The maximum atomic E-state index is 9.57. The number of benzene rings is 1. The van der Waals surface area contributed by atoms with E-state index >= 15 is 0 Å². The van der Waals surface area contributed by atoms with Gasteiger partial charge in [0.2, 0.25) is 0 Å². The van der Waals surface area contributed by atoms with E-state index < -0.39 is 6.10 Å². The summed E-state index contributed by atoms with van der Waals surface area (Å²) in [6.07, 6.45) is 1.94. The van der Waals surface area contributed by atoms with Gasteiger partial charge in [-0.2, -0.15) is 0 Å². The van der Waals surface area contributed by atoms with Gasteiger partial charge in [-0.3, -0.25) is 0 Å². The molecule has 1 aromatic carbocycles. The van der Waals surface area contributed by atoms with Crippen molar-refractivity contribution in [2.24, 2.45) is 0 Å². The minimum absolute atomic E-state index is 0.401. The lowest BCUT2D eigenvalue weighted by molar-refractivity contribution is 0.181. The predicted molar refractivity (Wildman–Crippen MR) is 51.0 cm³/mol. The highest BCUT2D eigenvalue weighted by Gasteiger charge is 2.03. The van der Waals surface area contributed by atoms with Crippen LogP contribution in [0.15, 0.2) is 36.9 Å². The van der Waals surface area contributed by atoms with Gasteiger partial charge in [-0.05, 0) is 18.9 Å². The Morgan fingerprint density at radius 3 is 2.92 bits per heavy atom. The van der Waals surface area contributed by atoms with E-state index in [0.29, 0.717) is 6.42 Å². The van der Waals surface area contributed by atoms with Crippen LogP contribution < -0.4 is 0 Å². The van der Waals surface area contributed by atoms with Gasteiger partial charge in [0.1, 0.15) is 0 Å². The van der Waals surface area contributed by atoms with Gasteiger partial charge in [0.25, 0.3) is 0 Å². The quantitative estimate of drug-likeness (QED) is 0.677. The molecule has 1 nitrogen and oxygen atoms in total. The lowest BCUT2D eigenvalue weighted by Crippen LogP contribution is -1.95. The fourth-order valence-corrected chi connectivity index (χ4v) is 1.17. The van der Waals surface area contributed by atoms with Crippen molar-refractivity contribution in [3.63, 3.8) is 0 Å². The Morgan fingerprint density at radius 1 is 1.58 bits per heavy atom. The number of rotatable bonds is 3. The number of hydrogen-bond acceptors (Lipinski definition) is 1. The maximum Gasteiger partial charge on any atom is 0.0824 e. The zero-order valence-corrected chi connectivity index (χ0v) is 7.33. The van der Waals surface area contributed by atoms with Crippen LogP contribution in [0.2, 0.25) is 0 Å². The highest BCUT2D eigenvalue weighted by Crippen LogP contribution is 2.17. The first-order valence-electron chi connectivity index (χ1n) is 4.09. The van der Waals surface area contributed by atoms with E-state index in [4.69, 9.17) is 0 Å². The second-order valence-electron chi connectivity index (χ2n) is 2.95. The molecule has 1 aromatic rings.